The summed E-state index contributed by atoms with van der Waals surface area (Å²) in [7, 11) is 0. The van der Waals surface area contributed by atoms with Crippen LogP contribution in [0.15, 0.2) is 11.1 Å². The third-order valence-electron chi connectivity index (χ3n) is 8.12. The normalized spacial score (nSPS) is 57.8. The van der Waals surface area contributed by atoms with Gasteiger partial charge in [-0.2, -0.15) is 0 Å². The number of ether oxygens (including phenoxy) is 2. The molecule has 134 valence electrons. The molecule has 2 heterocycles. The first kappa shape index (κ1) is 15.8. The lowest BCUT2D eigenvalue weighted by atomic mass is 9.51. The fraction of sp³-hybridized carbons (Fsp3) is 0.895. The highest BCUT2D eigenvalue weighted by atomic mass is 16.6. The average Bonchev–Trinajstić information content (AvgIpc) is 3.22. The zero-order valence-electron chi connectivity index (χ0n) is 14.7. The molecular formula is C19H28O5. The standard InChI is InChI=1S/C19H28O5/c1-9-4-5-18(22)7-11-10-8-23-12(10)6-13(20)19(11)16(24-19)15(21)14(9)17(18,2)3/h10-13,15-16,20-22H,4-8H2,1-3H3/t10-,11+,12+,13-,15+,16+,18+,19+/m0/s1. The molecule has 0 radical (unpaired) electrons. The molecule has 5 nitrogen and oxygen atoms in total. The van der Waals surface area contributed by atoms with E-state index in [9.17, 15) is 15.3 Å². The monoisotopic (exact) mass is 336 g/mol. The van der Waals surface area contributed by atoms with Crippen molar-refractivity contribution in [2.24, 2.45) is 17.3 Å². The summed E-state index contributed by atoms with van der Waals surface area (Å²) in [5.41, 5.74) is 0.0222. The molecule has 0 aromatic heterocycles. The predicted molar refractivity (Wildman–Crippen MR) is 86.2 cm³/mol. The van der Waals surface area contributed by atoms with Gasteiger partial charge in [0.05, 0.1) is 24.4 Å². The van der Waals surface area contributed by atoms with Crippen molar-refractivity contribution in [1.82, 2.24) is 0 Å². The van der Waals surface area contributed by atoms with Crippen molar-refractivity contribution in [1.29, 1.82) is 0 Å². The molecule has 1 spiro atoms. The molecule has 8 atom stereocenters. The van der Waals surface area contributed by atoms with Crippen molar-refractivity contribution in [3.8, 4) is 0 Å². The van der Waals surface area contributed by atoms with E-state index in [4.69, 9.17) is 9.47 Å². The summed E-state index contributed by atoms with van der Waals surface area (Å²) < 4.78 is 11.8. The molecule has 4 fully saturated rings. The highest BCUT2D eigenvalue weighted by Crippen LogP contribution is 2.65. The van der Waals surface area contributed by atoms with Gasteiger partial charge in [-0.25, -0.2) is 0 Å². The van der Waals surface area contributed by atoms with E-state index in [1.165, 1.54) is 0 Å². The number of aliphatic hydroxyl groups excluding tert-OH is 2. The number of fused-ring (bicyclic) bond motifs is 4. The van der Waals surface area contributed by atoms with Crippen molar-refractivity contribution in [2.45, 2.75) is 82.1 Å². The molecule has 2 aliphatic heterocycles. The van der Waals surface area contributed by atoms with Gasteiger partial charge in [0.25, 0.3) is 0 Å². The molecule has 2 bridgehead atoms. The highest BCUT2D eigenvalue weighted by molar-refractivity contribution is 5.38. The Bertz CT molecular complexity index is 627. The van der Waals surface area contributed by atoms with Gasteiger partial charge in [0.1, 0.15) is 17.8 Å². The molecule has 0 aromatic rings. The van der Waals surface area contributed by atoms with E-state index in [0.717, 1.165) is 17.6 Å². The van der Waals surface area contributed by atoms with E-state index in [1.807, 2.05) is 0 Å². The second-order valence-corrected chi connectivity index (χ2v) is 9.29. The van der Waals surface area contributed by atoms with Crippen molar-refractivity contribution >= 4 is 0 Å². The van der Waals surface area contributed by atoms with E-state index < -0.39 is 28.8 Å². The molecule has 5 heteroatoms. The lowest BCUT2D eigenvalue weighted by Crippen LogP contribution is -2.65. The third kappa shape index (κ3) is 1.59. The van der Waals surface area contributed by atoms with Gasteiger partial charge >= 0.3 is 0 Å². The van der Waals surface area contributed by atoms with E-state index in [-0.39, 0.29) is 18.1 Å². The van der Waals surface area contributed by atoms with Crippen LogP contribution in [0, 0.1) is 17.3 Å². The number of hydrogen-bond donors (Lipinski definition) is 3. The molecule has 24 heavy (non-hydrogen) atoms. The molecule has 2 saturated carbocycles. The third-order valence-corrected chi connectivity index (χ3v) is 8.12. The molecule has 3 N–H and O–H groups in total. The minimum absolute atomic E-state index is 0.0453. The first-order chi connectivity index (χ1) is 11.2. The first-order valence-electron chi connectivity index (χ1n) is 9.30. The van der Waals surface area contributed by atoms with Crippen LogP contribution in [-0.4, -0.2) is 57.5 Å². The summed E-state index contributed by atoms with van der Waals surface area (Å²) in [6, 6.07) is 0. The van der Waals surface area contributed by atoms with Crippen LogP contribution in [0.5, 0.6) is 0 Å². The number of hydrogen-bond acceptors (Lipinski definition) is 5. The van der Waals surface area contributed by atoms with Gasteiger partial charge in [-0.15, -0.1) is 0 Å². The number of aliphatic hydroxyl groups is 3. The maximum Gasteiger partial charge on any atom is 0.127 e. The minimum atomic E-state index is -0.880. The second kappa shape index (κ2) is 4.44. The number of epoxide rings is 1. The summed E-state index contributed by atoms with van der Waals surface area (Å²) in [6.45, 7) is 6.84. The van der Waals surface area contributed by atoms with Crippen molar-refractivity contribution in [2.75, 3.05) is 6.61 Å². The topological polar surface area (TPSA) is 82.5 Å². The Labute approximate surface area is 142 Å². The number of rotatable bonds is 0. The molecule has 0 amide bonds. The van der Waals surface area contributed by atoms with Gasteiger partial charge in [0.15, 0.2) is 0 Å². The molecule has 5 aliphatic rings. The quantitative estimate of drug-likeness (QED) is 0.457. The van der Waals surface area contributed by atoms with E-state index >= 15 is 0 Å². The van der Waals surface area contributed by atoms with Crippen LogP contribution in [0.4, 0.5) is 0 Å². The van der Waals surface area contributed by atoms with Gasteiger partial charge in [0.2, 0.25) is 0 Å². The maximum atomic E-state index is 11.6. The predicted octanol–water partition coefficient (Wildman–Crippen LogP) is 1.15. The Balaban J connectivity index is 1.66. The lowest BCUT2D eigenvalue weighted by Gasteiger charge is -2.57. The Hall–Kier alpha value is -0.460. The Morgan fingerprint density at radius 3 is 2.62 bits per heavy atom. The van der Waals surface area contributed by atoms with E-state index in [0.29, 0.717) is 31.8 Å². The van der Waals surface area contributed by atoms with Gasteiger partial charge in [0, 0.05) is 23.7 Å². The van der Waals surface area contributed by atoms with Crippen LogP contribution in [0.25, 0.3) is 0 Å². The minimum Gasteiger partial charge on any atom is -0.390 e. The molecule has 0 unspecified atom stereocenters. The van der Waals surface area contributed by atoms with Gasteiger partial charge in [-0.1, -0.05) is 19.4 Å². The van der Waals surface area contributed by atoms with Crippen LogP contribution < -0.4 is 0 Å². The summed E-state index contributed by atoms with van der Waals surface area (Å²) in [5.74, 6) is 0.364. The summed E-state index contributed by atoms with van der Waals surface area (Å²) in [5, 5.41) is 33.6. The fourth-order valence-corrected chi connectivity index (χ4v) is 6.44. The molecule has 0 aromatic carbocycles. The van der Waals surface area contributed by atoms with Crippen LogP contribution in [-0.2, 0) is 9.47 Å². The molecule has 3 aliphatic carbocycles. The van der Waals surface area contributed by atoms with Crippen LogP contribution in [0.1, 0.15) is 46.5 Å². The van der Waals surface area contributed by atoms with Crippen molar-refractivity contribution < 1.29 is 24.8 Å². The van der Waals surface area contributed by atoms with Crippen molar-refractivity contribution in [3.05, 3.63) is 11.1 Å². The average molecular weight is 336 g/mol. The lowest BCUT2D eigenvalue weighted by molar-refractivity contribution is -0.221. The van der Waals surface area contributed by atoms with Crippen molar-refractivity contribution in [3.63, 3.8) is 0 Å². The van der Waals surface area contributed by atoms with E-state index in [2.05, 4.69) is 20.8 Å². The summed E-state index contributed by atoms with van der Waals surface area (Å²) >= 11 is 0. The molecular weight excluding hydrogens is 308 g/mol. The zero-order valence-corrected chi connectivity index (χ0v) is 14.7. The molecule has 2 saturated heterocycles. The zero-order chi connectivity index (χ0) is 17.1. The maximum absolute atomic E-state index is 11.6. The molecule has 5 rings (SSSR count). The largest absolute Gasteiger partial charge is 0.390 e. The fourth-order valence-electron chi connectivity index (χ4n) is 6.44. The van der Waals surface area contributed by atoms with Gasteiger partial charge in [-0.05, 0) is 31.8 Å². The second-order valence-electron chi connectivity index (χ2n) is 9.29. The SMILES string of the molecule is CC1=C2[C@@H](O)[C@H]3O[C@@]34[C@H](C[C@](O)(CC1)C2(C)C)[C@@H]1CO[C@@H]1C[C@@H]4O. The smallest absolute Gasteiger partial charge is 0.127 e. The van der Waals surface area contributed by atoms with Crippen LogP contribution in [0.2, 0.25) is 0 Å². The van der Waals surface area contributed by atoms with Gasteiger partial charge < -0.3 is 24.8 Å². The first-order valence-corrected chi connectivity index (χ1v) is 9.30. The summed E-state index contributed by atoms with van der Waals surface area (Å²) in [4.78, 5) is 0. The Morgan fingerprint density at radius 2 is 1.96 bits per heavy atom. The Kier molecular flexibility index (Phi) is 2.92. The van der Waals surface area contributed by atoms with Crippen LogP contribution >= 0.6 is 0 Å². The van der Waals surface area contributed by atoms with Crippen LogP contribution in [0.3, 0.4) is 0 Å². The van der Waals surface area contributed by atoms with E-state index in [1.54, 1.807) is 0 Å². The Morgan fingerprint density at radius 1 is 1.21 bits per heavy atom. The van der Waals surface area contributed by atoms with Gasteiger partial charge in [-0.3, -0.25) is 0 Å². The highest BCUT2D eigenvalue weighted by Gasteiger charge is 2.76. The number of allylic oxidation sites excluding steroid dienone is 1. The summed E-state index contributed by atoms with van der Waals surface area (Å²) in [6.07, 6.45) is 1.04.